The zero-order valence-corrected chi connectivity index (χ0v) is 18.1. The largest absolute Gasteiger partial charge is 0.489 e. The van der Waals surface area contributed by atoms with E-state index in [1.165, 1.54) is 18.2 Å². The Morgan fingerprint density at radius 1 is 1.34 bits per heavy atom. The minimum absolute atomic E-state index is 0.0217. The molecule has 3 rings (SSSR count). The maximum atomic E-state index is 12.6. The number of aromatic nitrogens is 1. The van der Waals surface area contributed by atoms with Crippen LogP contribution in [-0.2, 0) is 10.1 Å². The fourth-order valence-corrected chi connectivity index (χ4v) is 3.51. The number of oxazole rings is 1. The summed E-state index contributed by atoms with van der Waals surface area (Å²) in [6.07, 6.45) is -0.307. The normalized spacial score (nSPS) is 13.3. The first-order valence-corrected chi connectivity index (χ1v) is 11.2. The number of rotatable bonds is 10. The van der Waals surface area contributed by atoms with Gasteiger partial charge < -0.3 is 25.3 Å². The SMILES string of the molecule is Cc1ccc(S(=O)(=O)O)cc1C(O)CCNc1nc2ccc(OCC(=CF)CN)cc2o1. The summed E-state index contributed by atoms with van der Waals surface area (Å²) >= 11 is 0. The summed E-state index contributed by atoms with van der Waals surface area (Å²) in [6, 6.07) is 9.29. The molecule has 0 radical (unpaired) electrons. The molecule has 172 valence electrons. The van der Waals surface area contributed by atoms with Crippen molar-refractivity contribution in [3.8, 4) is 5.75 Å². The number of ether oxygens (including phenoxy) is 1. The summed E-state index contributed by atoms with van der Waals surface area (Å²) < 4.78 is 55.6. The van der Waals surface area contributed by atoms with Gasteiger partial charge in [0, 0.05) is 24.7 Å². The fraction of sp³-hybridized carbons (Fsp3) is 0.286. The Hall–Kier alpha value is -2.99. The van der Waals surface area contributed by atoms with Crippen molar-refractivity contribution in [2.24, 2.45) is 5.73 Å². The smallest absolute Gasteiger partial charge is 0.295 e. The number of halogens is 1. The molecule has 5 N–H and O–H groups in total. The first kappa shape index (κ1) is 23.7. The van der Waals surface area contributed by atoms with Crippen LogP contribution in [-0.4, -0.2) is 42.8 Å². The lowest BCUT2D eigenvalue weighted by atomic mass is 10.0. The Labute approximate surface area is 184 Å². The van der Waals surface area contributed by atoms with Crippen LogP contribution in [0.1, 0.15) is 23.7 Å². The third-order valence-corrected chi connectivity index (χ3v) is 5.65. The average molecular weight is 466 g/mol. The predicted molar refractivity (Wildman–Crippen MR) is 117 cm³/mol. The third kappa shape index (κ3) is 5.82. The van der Waals surface area contributed by atoms with Gasteiger partial charge in [0.15, 0.2) is 5.58 Å². The van der Waals surface area contributed by atoms with Crippen LogP contribution in [0.15, 0.2) is 57.6 Å². The molecule has 11 heteroatoms. The predicted octanol–water partition coefficient (Wildman–Crippen LogP) is 3.11. The van der Waals surface area contributed by atoms with E-state index in [1.54, 1.807) is 25.1 Å². The van der Waals surface area contributed by atoms with Gasteiger partial charge in [-0.1, -0.05) is 6.07 Å². The molecule has 0 fully saturated rings. The number of hydrogen-bond acceptors (Lipinski definition) is 8. The van der Waals surface area contributed by atoms with Crippen molar-refractivity contribution in [3.63, 3.8) is 0 Å². The van der Waals surface area contributed by atoms with Crippen LogP contribution in [0.5, 0.6) is 5.75 Å². The van der Waals surface area contributed by atoms with E-state index >= 15 is 0 Å². The number of anilines is 1. The number of aliphatic hydroxyl groups excluding tert-OH is 1. The molecular weight excluding hydrogens is 441 g/mol. The number of nitrogens with one attached hydrogen (secondary N) is 1. The van der Waals surface area contributed by atoms with Gasteiger partial charge in [0.05, 0.1) is 17.3 Å². The van der Waals surface area contributed by atoms with E-state index in [2.05, 4.69) is 10.3 Å². The lowest BCUT2D eigenvalue weighted by molar-refractivity contribution is 0.170. The highest BCUT2D eigenvalue weighted by Gasteiger charge is 2.16. The number of aryl methyl sites for hydroxylation is 1. The molecule has 0 aliphatic heterocycles. The van der Waals surface area contributed by atoms with Crippen molar-refractivity contribution in [1.82, 2.24) is 4.98 Å². The number of nitrogens with two attached hydrogens (primary N) is 1. The van der Waals surface area contributed by atoms with Crippen LogP contribution in [0.3, 0.4) is 0 Å². The van der Waals surface area contributed by atoms with Crippen LogP contribution < -0.4 is 15.8 Å². The Balaban J connectivity index is 1.62. The third-order valence-electron chi connectivity index (χ3n) is 4.80. The summed E-state index contributed by atoms with van der Waals surface area (Å²) in [4.78, 5) is 4.02. The standard InChI is InChI=1S/C21H24FN3O6S/c1-13-2-4-16(32(27,28)29)9-17(13)19(26)6-7-24-21-25-18-5-3-15(8-20(18)31-21)30-12-14(10-22)11-23/h2-5,8-10,19,26H,6-7,11-12,23H2,1H3,(H,24,25)(H,27,28,29). The van der Waals surface area contributed by atoms with Gasteiger partial charge >= 0.3 is 0 Å². The molecule has 9 nitrogen and oxygen atoms in total. The van der Waals surface area contributed by atoms with Gasteiger partial charge in [-0.3, -0.25) is 4.55 Å². The van der Waals surface area contributed by atoms with Crippen LogP contribution >= 0.6 is 0 Å². The van der Waals surface area contributed by atoms with Gasteiger partial charge in [0.1, 0.15) is 17.9 Å². The number of benzene rings is 2. The molecule has 1 atom stereocenters. The maximum Gasteiger partial charge on any atom is 0.295 e. The Morgan fingerprint density at radius 3 is 2.81 bits per heavy atom. The Bertz CT molecular complexity index is 1230. The molecule has 0 bridgehead atoms. The first-order valence-electron chi connectivity index (χ1n) is 9.73. The van der Waals surface area contributed by atoms with Crippen molar-refractivity contribution in [2.45, 2.75) is 24.3 Å². The molecular formula is C21H24FN3O6S. The van der Waals surface area contributed by atoms with E-state index < -0.39 is 16.2 Å². The van der Waals surface area contributed by atoms with Crippen molar-refractivity contribution in [3.05, 3.63) is 59.4 Å². The monoisotopic (exact) mass is 465 g/mol. The van der Waals surface area contributed by atoms with Gasteiger partial charge in [-0.05, 0) is 48.7 Å². The average Bonchev–Trinajstić information content (AvgIpc) is 3.15. The summed E-state index contributed by atoms with van der Waals surface area (Å²) in [7, 11) is -4.36. The van der Waals surface area contributed by atoms with E-state index in [4.69, 9.17) is 14.9 Å². The summed E-state index contributed by atoms with van der Waals surface area (Å²) in [6.45, 7) is 2.10. The van der Waals surface area contributed by atoms with E-state index in [1.807, 2.05) is 0 Å². The van der Waals surface area contributed by atoms with Gasteiger partial charge in [-0.2, -0.15) is 13.4 Å². The second-order valence-corrected chi connectivity index (χ2v) is 8.55. The molecule has 0 saturated heterocycles. The summed E-state index contributed by atoms with van der Waals surface area (Å²) in [5, 5.41) is 13.4. The molecule has 1 heterocycles. The number of hydrogen-bond donors (Lipinski definition) is 4. The summed E-state index contributed by atoms with van der Waals surface area (Å²) in [5.74, 6) is 0.470. The number of nitrogens with zero attached hydrogens (tertiary/aromatic N) is 1. The Kier molecular flexibility index (Phi) is 7.46. The van der Waals surface area contributed by atoms with Crippen LogP contribution in [0, 0.1) is 6.92 Å². The second kappa shape index (κ2) is 10.1. The fourth-order valence-electron chi connectivity index (χ4n) is 2.99. The minimum Gasteiger partial charge on any atom is -0.489 e. The molecule has 1 unspecified atom stereocenters. The molecule has 0 spiro atoms. The van der Waals surface area contributed by atoms with Gasteiger partial charge in [-0.25, -0.2) is 4.39 Å². The zero-order chi connectivity index (χ0) is 23.3. The van der Waals surface area contributed by atoms with E-state index in [0.29, 0.717) is 39.9 Å². The highest BCUT2D eigenvalue weighted by atomic mass is 32.2. The van der Waals surface area contributed by atoms with E-state index in [0.717, 1.165) is 0 Å². The maximum absolute atomic E-state index is 12.6. The van der Waals surface area contributed by atoms with Crippen molar-refractivity contribution < 1.29 is 31.6 Å². The van der Waals surface area contributed by atoms with Gasteiger partial charge in [0.25, 0.3) is 16.1 Å². The minimum atomic E-state index is -4.36. The quantitative estimate of drug-likeness (QED) is 0.331. The topological polar surface area (TPSA) is 148 Å². The molecule has 0 amide bonds. The molecule has 3 aromatic rings. The van der Waals surface area contributed by atoms with Crippen molar-refractivity contribution in [1.29, 1.82) is 0 Å². The molecule has 2 aromatic carbocycles. The lowest BCUT2D eigenvalue weighted by Gasteiger charge is -2.14. The zero-order valence-electron chi connectivity index (χ0n) is 17.3. The van der Waals surface area contributed by atoms with E-state index in [-0.39, 0.29) is 37.0 Å². The highest BCUT2D eigenvalue weighted by Crippen LogP contribution is 2.26. The molecule has 1 aromatic heterocycles. The number of fused-ring (bicyclic) bond motifs is 1. The first-order chi connectivity index (χ1) is 15.2. The second-order valence-electron chi connectivity index (χ2n) is 7.13. The molecule has 0 saturated carbocycles. The van der Waals surface area contributed by atoms with Crippen molar-refractivity contribution in [2.75, 3.05) is 25.0 Å². The van der Waals surface area contributed by atoms with Gasteiger partial charge in [-0.15, -0.1) is 0 Å². The van der Waals surface area contributed by atoms with Crippen LogP contribution in [0.2, 0.25) is 0 Å². The van der Waals surface area contributed by atoms with Gasteiger partial charge in [0.2, 0.25) is 0 Å². The molecule has 0 aliphatic carbocycles. The summed E-state index contributed by atoms with van der Waals surface area (Å²) in [5.41, 5.74) is 7.86. The lowest BCUT2D eigenvalue weighted by Crippen LogP contribution is -2.10. The van der Waals surface area contributed by atoms with E-state index in [9.17, 15) is 22.5 Å². The van der Waals surface area contributed by atoms with Crippen molar-refractivity contribution >= 4 is 27.2 Å². The molecule has 32 heavy (non-hydrogen) atoms. The number of aliphatic hydroxyl groups is 1. The molecule has 0 aliphatic rings. The Morgan fingerprint density at radius 2 is 2.12 bits per heavy atom. The van der Waals surface area contributed by atoms with Crippen LogP contribution in [0.25, 0.3) is 11.1 Å². The highest BCUT2D eigenvalue weighted by molar-refractivity contribution is 7.85. The van der Waals surface area contributed by atoms with Crippen LogP contribution in [0.4, 0.5) is 10.4 Å².